The number of hydrogen-bond acceptors (Lipinski definition) is 9. The zero-order chi connectivity index (χ0) is 16.6. The van der Waals surface area contributed by atoms with E-state index in [-0.39, 0.29) is 12.7 Å². The van der Waals surface area contributed by atoms with Crippen LogP contribution in [0.3, 0.4) is 0 Å². The lowest BCUT2D eigenvalue weighted by Gasteiger charge is -2.18. The molecule has 1 fully saturated rings. The third-order valence-corrected chi connectivity index (χ3v) is 3.16. The molecule has 0 aliphatic heterocycles. The van der Waals surface area contributed by atoms with E-state index in [1.54, 1.807) is 0 Å². The fourth-order valence-corrected chi connectivity index (χ4v) is 2.01. The summed E-state index contributed by atoms with van der Waals surface area (Å²) in [6, 6.07) is 0. The van der Waals surface area contributed by atoms with E-state index in [0.29, 0.717) is 12.2 Å². The Hall–Kier alpha value is -0.780. The normalized spacial score (nSPS) is 16.7. The molecule has 0 heterocycles. The standard InChI is InChI=1S/C14H26O9/c1-3-4-8-14(17-19-15-2)11-12-16-20-22-23-21-18-13-9-6-5-7-10-13/h8,13H,3-7,9-12H2,1-2H3. The first kappa shape index (κ1) is 20.3. The van der Waals surface area contributed by atoms with Crippen LogP contribution in [0.15, 0.2) is 11.8 Å². The molecule has 23 heavy (non-hydrogen) atoms. The van der Waals surface area contributed by atoms with Gasteiger partial charge in [0.15, 0.2) is 0 Å². The molecular weight excluding hydrogens is 312 g/mol. The molecule has 1 saturated carbocycles. The topological polar surface area (TPSA) is 83.1 Å². The summed E-state index contributed by atoms with van der Waals surface area (Å²) >= 11 is 0. The summed E-state index contributed by atoms with van der Waals surface area (Å²) < 4.78 is 0. The van der Waals surface area contributed by atoms with Gasteiger partial charge in [0.05, 0.1) is 19.8 Å². The predicted molar refractivity (Wildman–Crippen MR) is 75.0 cm³/mol. The molecular formula is C14H26O9. The Labute approximate surface area is 135 Å². The summed E-state index contributed by atoms with van der Waals surface area (Å²) in [5.74, 6) is 0.551. The molecule has 0 saturated heterocycles. The van der Waals surface area contributed by atoms with Gasteiger partial charge in [-0.05, 0) is 50.5 Å². The Kier molecular flexibility index (Phi) is 13.0. The molecule has 0 aromatic carbocycles. The molecule has 1 aliphatic rings. The van der Waals surface area contributed by atoms with Gasteiger partial charge >= 0.3 is 0 Å². The first-order chi connectivity index (χ1) is 11.4. The zero-order valence-electron chi connectivity index (χ0n) is 13.7. The van der Waals surface area contributed by atoms with E-state index in [2.05, 4.69) is 30.1 Å². The number of hydrogen-bond donors (Lipinski definition) is 0. The van der Waals surface area contributed by atoms with Crippen LogP contribution in [0.25, 0.3) is 0 Å². The molecule has 0 bridgehead atoms. The van der Waals surface area contributed by atoms with Crippen molar-refractivity contribution in [3.05, 3.63) is 11.8 Å². The van der Waals surface area contributed by atoms with E-state index in [1.807, 2.05) is 13.0 Å². The predicted octanol–water partition coefficient (Wildman–Crippen LogP) is 3.58. The summed E-state index contributed by atoms with van der Waals surface area (Å²) in [5.41, 5.74) is 0. The number of unbranched alkanes of at least 4 members (excludes halogenated alkanes) is 1. The highest BCUT2D eigenvalue weighted by atomic mass is 17.8. The molecule has 9 nitrogen and oxygen atoms in total. The van der Waals surface area contributed by atoms with Crippen molar-refractivity contribution in [2.75, 3.05) is 13.7 Å². The fourth-order valence-electron chi connectivity index (χ4n) is 2.01. The van der Waals surface area contributed by atoms with E-state index >= 15 is 0 Å². The lowest BCUT2D eigenvalue weighted by molar-refractivity contribution is -0.760. The molecule has 0 radical (unpaired) electrons. The minimum absolute atomic E-state index is 0.0254. The highest BCUT2D eigenvalue weighted by Crippen LogP contribution is 2.20. The van der Waals surface area contributed by atoms with Gasteiger partial charge in [0.1, 0.15) is 5.76 Å². The van der Waals surface area contributed by atoms with Gasteiger partial charge in [-0.25, -0.2) is 9.78 Å². The van der Waals surface area contributed by atoms with Crippen LogP contribution in [-0.2, 0) is 44.7 Å². The molecule has 0 unspecified atom stereocenters. The van der Waals surface area contributed by atoms with Crippen LogP contribution in [-0.4, -0.2) is 19.8 Å². The second-order valence-corrected chi connectivity index (χ2v) is 4.98. The number of rotatable bonds is 14. The summed E-state index contributed by atoms with van der Waals surface area (Å²) in [4.78, 5) is 18.9. The first-order valence-electron chi connectivity index (χ1n) is 7.88. The lowest BCUT2D eigenvalue weighted by Crippen LogP contribution is -2.17. The molecule has 0 spiro atoms. The van der Waals surface area contributed by atoms with Crippen molar-refractivity contribution in [1.82, 2.24) is 0 Å². The molecule has 0 amide bonds. The van der Waals surface area contributed by atoms with E-state index in [9.17, 15) is 0 Å². The Morgan fingerprint density at radius 1 is 1.00 bits per heavy atom. The van der Waals surface area contributed by atoms with Crippen molar-refractivity contribution in [1.29, 1.82) is 0 Å². The van der Waals surface area contributed by atoms with Crippen LogP contribution in [0.1, 0.15) is 58.3 Å². The average Bonchev–Trinajstić information content (AvgIpc) is 2.59. The van der Waals surface area contributed by atoms with Gasteiger partial charge in [-0.3, -0.25) is 0 Å². The van der Waals surface area contributed by atoms with Crippen molar-refractivity contribution in [2.24, 2.45) is 0 Å². The zero-order valence-corrected chi connectivity index (χ0v) is 13.7. The molecule has 0 N–H and O–H groups in total. The van der Waals surface area contributed by atoms with Crippen LogP contribution in [0.5, 0.6) is 0 Å². The van der Waals surface area contributed by atoms with Crippen molar-refractivity contribution in [3.8, 4) is 0 Å². The SMILES string of the molecule is CCCC=C(CCOOOOOOC1CCCCC1)OOOC. The van der Waals surface area contributed by atoms with E-state index in [4.69, 9.17) is 14.7 Å². The van der Waals surface area contributed by atoms with Crippen LogP contribution in [0.4, 0.5) is 0 Å². The third-order valence-electron chi connectivity index (χ3n) is 3.16. The monoisotopic (exact) mass is 338 g/mol. The third kappa shape index (κ3) is 11.4. The smallest absolute Gasteiger partial charge is 0.144 e. The Morgan fingerprint density at radius 2 is 1.78 bits per heavy atom. The first-order valence-corrected chi connectivity index (χ1v) is 7.88. The lowest BCUT2D eigenvalue weighted by atomic mass is 9.98. The van der Waals surface area contributed by atoms with Gasteiger partial charge in [-0.1, -0.05) is 32.6 Å². The average molecular weight is 338 g/mol. The minimum Gasteiger partial charge on any atom is -0.313 e. The van der Waals surface area contributed by atoms with Gasteiger partial charge in [-0.15, -0.1) is 0 Å². The summed E-state index contributed by atoms with van der Waals surface area (Å²) in [5, 5.41) is 21.5. The van der Waals surface area contributed by atoms with Crippen LogP contribution in [0.2, 0.25) is 0 Å². The summed E-state index contributed by atoms with van der Waals surface area (Å²) in [6.07, 6.45) is 9.46. The Balaban J connectivity index is 1.94. The van der Waals surface area contributed by atoms with Crippen LogP contribution < -0.4 is 0 Å². The number of allylic oxidation sites excluding steroid dienone is 1. The fraction of sp³-hybridized carbons (Fsp3) is 0.857. The molecule has 0 atom stereocenters. The highest BCUT2D eigenvalue weighted by Gasteiger charge is 2.15. The molecule has 9 heteroatoms. The Bertz CT molecular complexity index is 292. The van der Waals surface area contributed by atoms with Gasteiger partial charge in [0, 0.05) is 6.42 Å². The molecule has 0 aromatic heterocycles. The maximum absolute atomic E-state index is 4.97. The highest BCUT2D eigenvalue weighted by molar-refractivity contribution is 4.91. The van der Waals surface area contributed by atoms with Crippen molar-refractivity contribution >= 4 is 0 Å². The maximum atomic E-state index is 4.97. The van der Waals surface area contributed by atoms with Gasteiger partial charge in [0.2, 0.25) is 0 Å². The van der Waals surface area contributed by atoms with Crippen molar-refractivity contribution < 1.29 is 44.7 Å². The van der Waals surface area contributed by atoms with Crippen molar-refractivity contribution in [3.63, 3.8) is 0 Å². The quantitative estimate of drug-likeness (QED) is 0.204. The van der Waals surface area contributed by atoms with Crippen LogP contribution >= 0.6 is 0 Å². The van der Waals surface area contributed by atoms with Gasteiger partial charge in [0.25, 0.3) is 0 Å². The van der Waals surface area contributed by atoms with Crippen molar-refractivity contribution in [2.45, 2.75) is 64.4 Å². The molecule has 0 aromatic rings. The summed E-state index contributed by atoms with van der Waals surface area (Å²) in [7, 11) is 1.34. The Morgan fingerprint density at radius 3 is 2.52 bits per heavy atom. The van der Waals surface area contributed by atoms with E-state index in [0.717, 1.165) is 38.5 Å². The summed E-state index contributed by atoms with van der Waals surface area (Å²) in [6.45, 7) is 2.20. The van der Waals surface area contributed by atoms with Crippen LogP contribution in [0, 0.1) is 0 Å². The van der Waals surface area contributed by atoms with E-state index in [1.165, 1.54) is 13.5 Å². The molecule has 136 valence electrons. The second-order valence-electron chi connectivity index (χ2n) is 4.98. The van der Waals surface area contributed by atoms with E-state index < -0.39 is 0 Å². The van der Waals surface area contributed by atoms with Gasteiger partial charge < -0.3 is 4.89 Å². The van der Waals surface area contributed by atoms with Gasteiger partial charge in [-0.2, -0.15) is 4.89 Å². The minimum atomic E-state index is 0.0254. The largest absolute Gasteiger partial charge is 0.313 e. The maximum Gasteiger partial charge on any atom is 0.144 e. The second kappa shape index (κ2) is 14.8. The molecule has 1 aliphatic carbocycles. The molecule has 1 rings (SSSR count).